The molecule has 3 fully saturated rings. The lowest BCUT2D eigenvalue weighted by molar-refractivity contribution is -0.130. The lowest BCUT2D eigenvalue weighted by Crippen LogP contribution is -2.50. The summed E-state index contributed by atoms with van der Waals surface area (Å²) in [6.07, 6.45) is 9.14. The summed E-state index contributed by atoms with van der Waals surface area (Å²) in [6, 6.07) is 12.1. The Kier molecular flexibility index (Phi) is 7.09. The molecular formula is C27H35N5O2. The predicted octanol–water partition coefficient (Wildman–Crippen LogP) is 3.90. The summed E-state index contributed by atoms with van der Waals surface area (Å²) >= 11 is 0. The Bertz CT molecular complexity index is 968. The van der Waals surface area contributed by atoms with E-state index in [0.29, 0.717) is 18.3 Å². The molecule has 34 heavy (non-hydrogen) atoms. The first-order valence-electron chi connectivity index (χ1n) is 12.7. The number of aromatic nitrogens is 1. The highest BCUT2D eigenvalue weighted by molar-refractivity contribution is 5.90. The van der Waals surface area contributed by atoms with Crippen molar-refractivity contribution in [2.45, 2.75) is 43.9 Å². The van der Waals surface area contributed by atoms with Crippen LogP contribution in [0.4, 0.5) is 10.5 Å². The molecule has 1 N–H and O–H groups in total. The molecule has 1 aromatic heterocycles. The van der Waals surface area contributed by atoms with Gasteiger partial charge in [0.15, 0.2) is 0 Å². The van der Waals surface area contributed by atoms with Gasteiger partial charge in [-0.3, -0.25) is 9.78 Å². The highest BCUT2D eigenvalue weighted by atomic mass is 16.2. The number of hydrogen-bond acceptors (Lipinski definition) is 4. The Morgan fingerprint density at radius 1 is 0.882 bits per heavy atom. The summed E-state index contributed by atoms with van der Waals surface area (Å²) < 4.78 is 0. The minimum atomic E-state index is -0.0563. The second-order valence-corrected chi connectivity index (χ2v) is 9.92. The molecule has 180 valence electrons. The molecular weight excluding hydrogens is 426 g/mol. The Morgan fingerprint density at radius 2 is 1.65 bits per heavy atom. The van der Waals surface area contributed by atoms with Crippen molar-refractivity contribution in [1.82, 2.24) is 19.7 Å². The van der Waals surface area contributed by atoms with Crippen LogP contribution in [-0.2, 0) is 4.79 Å². The average Bonchev–Trinajstić information content (AvgIpc) is 3.34. The zero-order valence-electron chi connectivity index (χ0n) is 19.9. The van der Waals surface area contributed by atoms with Gasteiger partial charge < -0.3 is 20.0 Å². The number of piperidine rings is 1. The minimum absolute atomic E-state index is 0.0563. The van der Waals surface area contributed by atoms with Gasteiger partial charge in [0.05, 0.1) is 0 Å². The van der Waals surface area contributed by atoms with Crippen LogP contribution in [0.3, 0.4) is 0 Å². The van der Waals surface area contributed by atoms with Crippen molar-refractivity contribution >= 4 is 17.6 Å². The Morgan fingerprint density at radius 3 is 2.38 bits per heavy atom. The summed E-state index contributed by atoms with van der Waals surface area (Å²) in [4.78, 5) is 35.7. The third kappa shape index (κ3) is 5.41. The molecule has 1 atom stereocenters. The van der Waals surface area contributed by atoms with Gasteiger partial charge in [-0.1, -0.05) is 24.6 Å². The van der Waals surface area contributed by atoms with Gasteiger partial charge in [0, 0.05) is 69.1 Å². The van der Waals surface area contributed by atoms with E-state index in [9.17, 15) is 9.59 Å². The highest BCUT2D eigenvalue weighted by Gasteiger charge is 2.32. The fourth-order valence-corrected chi connectivity index (χ4v) is 5.37. The Labute approximate surface area is 202 Å². The second kappa shape index (κ2) is 10.6. The fraction of sp³-hybridized carbons (Fsp3) is 0.519. The number of nitrogens with one attached hydrogen (secondary N) is 1. The quantitative estimate of drug-likeness (QED) is 0.708. The summed E-state index contributed by atoms with van der Waals surface area (Å²) in [5.74, 6) is 1.03. The summed E-state index contributed by atoms with van der Waals surface area (Å²) in [5.41, 5.74) is 3.24. The molecule has 0 aliphatic carbocycles. The molecule has 0 bridgehead atoms. The third-order valence-corrected chi connectivity index (χ3v) is 7.59. The van der Waals surface area contributed by atoms with Gasteiger partial charge in [0.1, 0.15) is 0 Å². The molecule has 3 aliphatic heterocycles. The number of hydrogen-bond donors (Lipinski definition) is 1. The zero-order chi connectivity index (χ0) is 23.3. The molecule has 0 saturated carbocycles. The molecule has 1 aromatic carbocycles. The lowest BCUT2D eigenvalue weighted by Gasteiger charge is -2.39. The van der Waals surface area contributed by atoms with Gasteiger partial charge in [-0.25, -0.2) is 4.79 Å². The first kappa shape index (κ1) is 22.8. The molecule has 3 amide bonds. The number of anilines is 1. The van der Waals surface area contributed by atoms with Crippen LogP contribution in [0.1, 0.15) is 55.1 Å². The van der Waals surface area contributed by atoms with Crippen molar-refractivity contribution in [3.8, 4) is 0 Å². The van der Waals surface area contributed by atoms with Gasteiger partial charge in [-0.05, 0) is 61.7 Å². The van der Waals surface area contributed by atoms with Gasteiger partial charge in [0.25, 0.3) is 0 Å². The maximum absolute atomic E-state index is 12.7. The number of benzene rings is 1. The Balaban J connectivity index is 1.06. The highest BCUT2D eigenvalue weighted by Crippen LogP contribution is 2.30. The monoisotopic (exact) mass is 461 g/mol. The lowest BCUT2D eigenvalue weighted by atomic mass is 9.93. The summed E-state index contributed by atoms with van der Waals surface area (Å²) in [7, 11) is 0. The molecule has 2 aromatic rings. The number of carbonyl (C=O) groups is 2. The van der Waals surface area contributed by atoms with E-state index in [1.54, 1.807) is 6.20 Å². The fourth-order valence-electron chi connectivity index (χ4n) is 5.37. The molecule has 0 spiro atoms. The van der Waals surface area contributed by atoms with E-state index in [4.69, 9.17) is 0 Å². The predicted molar refractivity (Wildman–Crippen MR) is 133 cm³/mol. The van der Waals surface area contributed by atoms with Crippen molar-refractivity contribution in [3.05, 3.63) is 59.9 Å². The standard InChI is InChI=1S/C27H35N5O2/c33-26(11-15-30-13-2-1-3-14-30)31-16-10-23(18-31)21-6-8-25(9-7-21)29-27(34)32-19-24(20-32)22-5-4-12-28-17-22/h4-9,12,17,23-24H,1-3,10-11,13-16,18-20H2,(H,29,34). The van der Waals surface area contributed by atoms with Crippen LogP contribution in [0.25, 0.3) is 0 Å². The van der Waals surface area contributed by atoms with Crippen LogP contribution in [-0.4, -0.2) is 77.4 Å². The maximum Gasteiger partial charge on any atom is 0.321 e. The van der Waals surface area contributed by atoms with Gasteiger partial charge in [0.2, 0.25) is 5.91 Å². The van der Waals surface area contributed by atoms with Crippen LogP contribution in [0.5, 0.6) is 0 Å². The van der Waals surface area contributed by atoms with E-state index in [1.165, 1.54) is 30.4 Å². The molecule has 3 saturated heterocycles. The van der Waals surface area contributed by atoms with Crippen molar-refractivity contribution in [1.29, 1.82) is 0 Å². The topological polar surface area (TPSA) is 68.8 Å². The minimum Gasteiger partial charge on any atom is -0.342 e. The molecule has 0 radical (unpaired) electrons. The molecule has 5 rings (SSSR count). The number of carbonyl (C=O) groups excluding carboxylic acids is 2. The van der Waals surface area contributed by atoms with E-state index in [1.807, 2.05) is 34.2 Å². The SMILES string of the molecule is O=C(CCN1CCCCC1)N1CCC(c2ccc(NC(=O)N3CC(c4cccnc4)C3)cc2)C1. The van der Waals surface area contributed by atoms with Gasteiger partial charge in [-0.15, -0.1) is 0 Å². The molecule has 4 heterocycles. The number of rotatable bonds is 6. The Hall–Kier alpha value is -2.93. The maximum atomic E-state index is 12.7. The molecule has 7 nitrogen and oxygen atoms in total. The van der Waals surface area contributed by atoms with Crippen LogP contribution in [0.2, 0.25) is 0 Å². The summed E-state index contributed by atoms with van der Waals surface area (Å²) in [6.45, 7) is 6.26. The van der Waals surface area contributed by atoms with Crippen LogP contribution >= 0.6 is 0 Å². The van der Waals surface area contributed by atoms with E-state index < -0.39 is 0 Å². The van der Waals surface area contributed by atoms with E-state index in [-0.39, 0.29) is 11.9 Å². The third-order valence-electron chi connectivity index (χ3n) is 7.59. The van der Waals surface area contributed by atoms with Crippen LogP contribution in [0, 0.1) is 0 Å². The number of urea groups is 1. The molecule has 1 unspecified atom stereocenters. The summed E-state index contributed by atoms with van der Waals surface area (Å²) in [5, 5.41) is 3.01. The van der Waals surface area contributed by atoms with Gasteiger partial charge in [-0.2, -0.15) is 0 Å². The number of amides is 3. The van der Waals surface area contributed by atoms with E-state index in [0.717, 1.165) is 57.9 Å². The number of likely N-dealkylation sites (tertiary alicyclic amines) is 3. The number of pyridine rings is 1. The first-order valence-corrected chi connectivity index (χ1v) is 12.7. The van der Waals surface area contributed by atoms with Crippen molar-refractivity contribution in [3.63, 3.8) is 0 Å². The number of nitrogens with zero attached hydrogens (tertiary/aromatic N) is 4. The van der Waals surface area contributed by atoms with Crippen molar-refractivity contribution in [2.75, 3.05) is 51.1 Å². The average molecular weight is 462 g/mol. The smallest absolute Gasteiger partial charge is 0.321 e. The molecule has 7 heteroatoms. The van der Waals surface area contributed by atoms with Crippen LogP contribution in [0.15, 0.2) is 48.8 Å². The van der Waals surface area contributed by atoms with E-state index in [2.05, 4.69) is 33.4 Å². The van der Waals surface area contributed by atoms with Crippen LogP contribution < -0.4 is 5.32 Å². The van der Waals surface area contributed by atoms with Crippen molar-refractivity contribution in [2.24, 2.45) is 0 Å². The zero-order valence-corrected chi connectivity index (χ0v) is 19.9. The van der Waals surface area contributed by atoms with Gasteiger partial charge >= 0.3 is 6.03 Å². The molecule has 3 aliphatic rings. The largest absolute Gasteiger partial charge is 0.342 e. The first-order chi connectivity index (χ1) is 16.7. The van der Waals surface area contributed by atoms with Crippen molar-refractivity contribution < 1.29 is 9.59 Å². The normalized spacial score (nSPS) is 21.4. The second-order valence-electron chi connectivity index (χ2n) is 9.92. The van der Waals surface area contributed by atoms with E-state index >= 15 is 0 Å².